The minimum Gasteiger partial charge on any atom is -0.493 e. The highest BCUT2D eigenvalue weighted by atomic mass is 16.5. The average molecular weight is 276 g/mol. The standard InChI is InChI=1S/C14H20N4O2/c1-8(2)18-13(12(20-5)7-15-18)14(19)11-6-9(3)16-17-10(11)4/h6-8,14,19H,1-5H3. The predicted octanol–water partition coefficient (Wildman–Crippen LogP) is 1.96. The van der Waals surface area contributed by atoms with Gasteiger partial charge >= 0.3 is 0 Å². The zero-order valence-corrected chi connectivity index (χ0v) is 12.5. The summed E-state index contributed by atoms with van der Waals surface area (Å²) in [5.74, 6) is 0.570. The molecule has 1 atom stereocenters. The third kappa shape index (κ3) is 2.51. The first kappa shape index (κ1) is 14.5. The fourth-order valence-electron chi connectivity index (χ4n) is 2.18. The van der Waals surface area contributed by atoms with Gasteiger partial charge in [0.25, 0.3) is 0 Å². The number of nitrogens with zero attached hydrogens (tertiary/aromatic N) is 4. The lowest BCUT2D eigenvalue weighted by Crippen LogP contribution is -2.14. The van der Waals surface area contributed by atoms with Crippen LogP contribution in [0.2, 0.25) is 0 Å². The number of methoxy groups -OCH3 is 1. The molecule has 0 fully saturated rings. The number of rotatable bonds is 4. The molecule has 2 aromatic rings. The molecule has 0 aliphatic rings. The van der Waals surface area contributed by atoms with E-state index in [0.29, 0.717) is 17.1 Å². The highest BCUT2D eigenvalue weighted by molar-refractivity contribution is 5.36. The molecule has 0 spiro atoms. The number of hydrogen-bond acceptors (Lipinski definition) is 5. The molecule has 0 amide bonds. The molecule has 0 saturated heterocycles. The molecule has 2 heterocycles. The highest BCUT2D eigenvalue weighted by Gasteiger charge is 2.24. The molecule has 2 aromatic heterocycles. The summed E-state index contributed by atoms with van der Waals surface area (Å²) in [5.41, 5.74) is 2.82. The van der Waals surface area contributed by atoms with E-state index in [2.05, 4.69) is 15.3 Å². The Morgan fingerprint density at radius 3 is 2.55 bits per heavy atom. The molecule has 0 aromatic carbocycles. The lowest BCUT2D eigenvalue weighted by Gasteiger charge is -2.18. The van der Waals surface area contributed by atoms with Gasteiger partial charge in [-0.2, -0.15) is 15.3 Å². The maximum absolute atomic E-state index is 10.7. The van der Waals surface area contributed by atoms with Crippen molar-refractivity contribution in [3.63, 3.8) is 0 Å². The smallest absolute Gasteiger partial charge is 0.163 e. The summed E-state index contributed by atoms with van der Waals surface area (Å²) in [7, 11) is 1.57. The van der Waals surface area contributed by atoms with E-state index < -0.39 is 6.10 Å². The van der Waals surface area contributed by atoms with Crippen LogP contribution in [0.15, 0.2) is 12.3 Å². The number of aromatic nitrogens is 4. The van der Waals surface area contributed by atoms with Gasteiger partial charge < -0.3 is 9.84 Å². The second-order valence-corrected chi connectivity index (χ2v) is 5.07. The van der Waals surface area contributed by atoms with Crippen molar-refractivity contribution in [1.29, 1.82) is 0 Å². The van der Waals surface area contributed by atoms with Gasteiger partial charge in [-0.3, -0.25) is 4.68 Å². The number of hydrogen-bond donors (Lipinski definition) is 1. The van der Waals surface area contributed by atoms with Gasteiger partial charge in [0.1, 0.15) is 11.8 Å². The summed E-state index contributed by atoms with van der Waals surface area (Å²) in [5, 5.41) is 23.0. The average Bonchev–Trinajstić information content (AvgIpc) is 2.84. The van der Waals surface area contributed by atoms with E-state index in [0.717, 1.165) is 11.3 Å². The molecule has 0 aliphatic heterocycles. The van der Waals surface area contributed by atoms with Crippen molar-refractivity contribution in [1.82, 2.24) is 20.0 Å². The van der Waals surface area contributed by atoms with E-state index in [9.17, 15) is 5.11 Å². The lowest BCUT2D eigenvalue weighted by molar-refractivity contribution is 0.198. The summed E-state index contributed by atoms with van der Waals surface area (Å²) < 4.78 is 7.07. The van der Waals surface area contributed by atoms with E-state index >= 15 is 0 Å². The second kappa shape index (κ2) is 5.58. The molecule has 1 N–H and O–H groups in total. The molecule has 0 radical (unpaired) electrons. The molecule has 0 aliphatic carbocycles. The van der Waals surface area contributed by atoms with Crippen molar-refractivity contribution in [2.24, 2.45) is 0 Å². The van der Waals surface area contributed by atoms with Gasteiger partial charge in [-0.15, -0.1) is 0 Å². The third-order valence-corrected chi connectivity index (χ3v) is 3.20. The van der Waals surface area contributed by atoms with Crippen LogP contribution in [0.3, 0.4) is 0 Å². The van der Waals surface area contributed by atoms with Crippen molar-refractivity contribution in [3.8, 4) is 5.75 Å². The quantitative estimate of drug-likeness (QED) is 0.924. The minimum absolute atomic E-state index is 0.125. The van der Waals surface area contributed by atoms with Crippen LogP contribution in [-0.2, 0) is 0 Å². The molecule has 20 heavy (non-hydrogen) atoms. The number of ether oxygens (including phenoxy) is 1. The van der Waals surface area contributed by atoms with E-state index in [1.54, 1.807) is 18.0 Å². The Morgan fingerprint density at radius 2 is 1.95 bits per heavy atom. The van der Waals surface area contributed by atoms with Gasteiger partial charge in [0, 0.05) is 11.6 Å². The van der Waals surface area contributed by atoms with E-state index in [1.165, 1.54) is 0 Å². The zero-order chi connectivity index (χ0) is 14.9. The Hall–Kier alpha value is -1.95. The number of aliphatic hydroxyl groups excluding tert-OH is 1. The van der Waals surface area contributed by atoms with Gasteiger partial charge in [0.15, 0.2) is 5.75 Å². The maximum atomic E-state index is 10.7. The molecule has 0 saturated carbocycles. The molecule has 1 unspecified atom stereocenters. The summed E-state index contributed by atoms with van der Waals surface area (Å²) in [6, 6.07) is 1.96. The molecule has 6 nitrogen and oxygen atoms in total. The molecular weight excluding hydrogens is 256 g/mol. The van der Waals surface area contributed by atoms with Crippen LogP contribution >= 0.6 is 0 Å². The first-order chi connectivity index (χ1) is 9.45. The van der Waals surface area contributed by atoms with Crippen LogP contribution < -0.4 is 4.74 Å². The Morgan fingerprint density at radius 1 is 1.25 bits per heavy atom. The molecule has 6 heteroatoms. The van der Waals surface area contributed by atoms with Crippen molar-refractivity contribution >= 4 is 0 Å². The summed E-state index contributed by atoms with van der Waals surface area (Å²) in [4.78, 5) is 0. The largest absolute Gasteiger partial charge is 0.493 e. The monoisotopic (exact) mass is 276 g/mol. The fraction of sp³-hybridized carbons (Fsp3) is 0.500. The topological polar surface area (TPSA) is 73.1 Å². The first-order valence-electron chi connectivity index (χ1n) is 6.56. The van der Waals surface area contributed by atoms with Gasteiger partial charge in [-0.25, -0.2) is 0 Å². The zero-order valence-electron chi connectivity index (χ0n) is 12.5. The Bertz CT molecular complexity index is 607. The maximum Gasteiger partial charge on any atom is 0.163 e. The normalized spacial score (nSPS) is 12.8. The van der Waals surface area contributed by atoms with Crippen LogP contribution in [0.4, 0.5) is 0 Å². The minimum atomic E-state index is -0.843. The van der Waals surface area contributed by atoms with Crippen LogP contribution in [0.1, 0.15) is 48.6 Å². The van der Waals surface area contributed by atoms with Gasteiger partial charge in [-0.1, -0.05) is 0 Å². The van der Waals surface area contributed by atoms with Crippen LogP contribution in [0.25, 0.3) is 0 Å². The highest BCUT2D eigenvalue weighted by Crippen LogP contribution is 2.32. The summed E-state index contributed by atoms with van der Waals surface area (Å²) in [6.07, 6.45) is 0.777. The van der Waals surface area contributed by atoms with E-state index in [4.69, 9.17) is 4.74 Å². The van der Waals surface area contributed by atoms with Crippen LogP contribution in [0, 0.1) is 13.8 Å². The van der Waals surface area contributed by atoms with Crippen LogP contribution in [-0.4, -0.2) is 32.2 Å². The van der Waals surface area contributed by atoms with Gasteiger partial charge in [0.2, 0.25) is 0 Å². The van der Waals surface area contributed by atoms with E-state index in [1.807, 2.05) is 33.8 Å². The first-order valence-corrected chi connectivity index (χ1v) is 6.56. The molecule has 2 rings (SSSR count). The number of aliphatic hydroxyl groups is 1. The van der Waals surface area contributed by atoms with Crippen molar-refractivity contribution in [2.75, 3.05) is 7.11 Å². The molecule has 0 bridgehead atoms. The fourth-order valence-corrected chi connectivity index (χ4v) is 2.18. The lowest BCUT2D eigenvalue weighted by atomic mass is 10.0. The van der Waals surface area contributed by atoms with Gasteiger partial charge in [0.05, 0.1) is 24.7 Å². The SMILES string of the molecule is COc1cnn(C(C)C)c1C(O)c1cc(C)nnc1C. The van der Waals surface area contributed by atoms with Crippen molar-refractivity contribution in [3.05, 3.63) is 34.9 Å². The number of aryl methyl sites for hydroxylation is 2. The third-order valence-electron chi connectivity index (χ3n) is 3.20. The molecular formula is C14H20N4O2. The predicted molar refractivity (Wildman–Crippen MR) is 74.7 cm³/mol. The van der Waals surface area contributed by atoms with Crippen molar-refractivity contribution < 1.29 is 9.84 Å². The van der Waals surface area contributed by atoms with E-state index in [-0.39, 0.29) is 6.04 Å². The second-order valence-electron chi connectivity index (χ2n) is 5.07. The summed E-state index contributed by atoms with van der Waals surface area (Å²) >= 11 is 0. The summed E-state index contributed by atoms with van der Waals surface area (Å²) in [6.45, 7) is 7.68. The van der Waals surface area contributed by atoms with Crippen molar-refractivity contribution in [2.45, 2.75) is 39.8 Å². The van der Waals surface area contributed by atoms with Crippen LogP contribution in [0.5, 0.6) is 5.75 Å². The Balaban J connectivity index is 2.55. The Kier molecular flexibility index (Phi) is 4.04. The Labute approximate surface area is 118 Å². The van der Waals surface area contributed by atoms with Gasteiger partial charge in [-0.05, 0) is 33.8 Å². The molecule has 108 valence electrons.